The summed E-state index contributed by atoms with van der Waals surface area (Å²) in [5.74, 6) is 0.458. The van der Waals surface area contributed by atoms with Crippen molar-refractivity contribution < 1.29 is 9.53 Å². The van der Waals surface area contributed by atoms with E-state index >= 15 is 0 Å². The Morgan fingerprint density at radius 1 is 1.53 bits per heavy atom. The van der Waals surface area contributed by atoms with E-state index in [1.54, 1.807) is 0 Å². The average Bonchev–Trinajstić information content (AvgIpc) is 2.28. The molecule has 1 aromatic heterocycles. The number of aromatic nitrogens is 1. The van der Waals surface area contributed by atoms with Crippen molar-refractivity contribution in [2.75, 3.05) is 13.7 Å². The van der Waals surface area contributed by atoms with Gasteiger partial charge in [0.1, 0.15) is 5.69 Å². The van der Waals surface area contributed by atoms with Crippen LogP contribution in [0.3, 0.4) is 0 Å². The number of pyridine rings is 1. The molecule has 17 heavy (non-hydrogen) atoms. The summed E-state index contributed by atoms with van der Waals surface area (Å²) in [6.45, 7) is 4.77. The molecule has 1 amide bonds. The molecule has 0 radical (unpaired) electrons. The molecule has 0 unspecified atom stereocenters. The Bertz CT molecular complexity index is 438. The van der Waals surface area contributed by atoms with Crippen LogP contribution in [0.15, 0.2) is 17.1 Å². The molecule has 5 nitrogen and oxygen atoms in total. The summed E-state index contributed by atoms with van der Waals surface area (Å²) in [6.07, 6.45) is 2.30. The summed E-state index contributed by atoms with van der Waals surface area (Å²) in [5.41, 5.74) is -0.0557. The molecule has 0 aromatic carbocycles. The molecule has 0 bridgehead atoms. The number of hydrogen-bond acceptors (Lipinski definition) is 3. The number of aromatic amines is 1. The first-order valence-electron chi connectivity index (χ1n) is 5.59. The summed E-state index contributed by atoms with van der Waals surface area (Å²) in [6, 6.07) is 1.24. The number of carbonyl (C=O) groups excluding carboxylic acids is 1. The van der Waals surface area contributed by atoms with Gasteiger partial charge in [-0.25, -0.2) is 0 Å². The second-order valence-corrected chi connectivity index (χ2v) is 4.22. The Labute approximate surface area is 100 Å². The molecule has 0 fully saturated rings. The topological polar surface area (TPSA) is 71.2 Å². The van der Waals surface area contributed by atoms with E-state index in [1.165, 1.54) is 19.4 Å². The summed E-state index contributed by atoms with van der Waals surface area (Å²) in [5, 5.41) is 2.75. The van der Waals surface area contributed by atoms with E-state index in [9.17, 15) is 9.59 Å². The summed E-state index contributed by atoms with van der Waals surface area (Å²) < 4.78 is 4.82. The van der Waals surface area contributed by atoms with Gasteiger partial charge in [0.2, 0.25) is 5.43 Å². The third kappa shape index (κ3) is 3.94. The van der Waals surface area contributed by atoms with Gasteiger partial charge >= 0.3 is 0 Å². The fraction of sp³-hybridized carbons (Fsp3) is 0.500. The highest BCUT2D eigenvalue weighted by atomic mass is 16.5. The van der Waals surface area contributed by atoms with Crippen molar-refractivity contribution in [3.8, 4) is 5.75 Å². The van der Waals surface area contributed by atoms with Crippen molar-refractivity contribution in [2.24, 2.45) is 5.92 Å². The van der Waals surface area contributed by atoms with E-state index in [0.29, 0.717) is 12.5 Å². The number of amides is 1. The van der Waals surface area contributed by atoms with Crippen LogP contribution in [-0.2, 0) is 0 Å². The van der Waals surface area contributed by atoms with Crippen molar-refractivity contribution in [2.45, 2.75) is 20.3 Å². The molecule has 0 aliphatic heterocycles. The zero-order valence-electron chi connectivity index (χ0n) is 10.4. The maximum absolute atomic E-state index is 11.7. The molecule has 0 saturated carbocycles. The largest absolute Gasteiger partial charge is 0.491 e. The molecular weight excluding hydrogens is 220 g/mol. The van der Waals surface area contributed by atoms with Crippen LogP contribution in [0.5, 0.6) is 5.75 Å². The second kappa shape index (κ2) is 6.08. The normalized spacial score (nSPS) is 10.4. The minimum atomic E-state index is -0.305. The number of ether oxygens (including phenoxy) is 1. The highest BCUT2D eigenvalue weighted by molar-refractivity contribution is 5.92. The molecule has 0 spiro atoms. The van der Waals surface area contributed by atoms with Gasteiger partial charge in [0, 0.05) is 18.8 Å². The van der Waals surface area contributed by atoms with Crippen LogP contribution in [0.4, 0.5) is 0 Å². The first-order chi connectivity index (χ1) is 8.04. The number of rotatable bonds is 5. The molecule has 1 heterocycles. The number of methoxy groups -OCH3 is 1. The van der Waals surface area contributed by atoms with E-state index in [2.05, 4.69) is 24.1 Å². The van der Waals surface area contributed by atoms with Gasteiger partial charge in [0.05, 0.1) is 7.11 Å². The van der Waals surface area contributed by atoms with Crippen molar-refractivity contribution in [1.82, 2.24) is 10.3 Å². The lowest BCUT2D eigenvalue weighted by atomic mass is 10.1. The molecule has 5 heteroatoms. The van der Waals surface area contributed by atoms with E-state index in [4.69, 9.17) is 4.74 Å². The quantitative estimate of drug-likeness (QED) is 0.808. The predicted octanol–water partition coefficient (Wildman–Crippen LogP) is 1.16. The number of H-pyrrole nitrogens is 1. The molecule has 0 aliphatic rings. The minimum Gasteiger partial charge on any atom is -0.491 e. The summed E-state index contributed by atoms with van der Waals surface area (Å²) in [7, 11) is 1.41. The van der Waals surface area contributed by atoms with Gasteiger partial charge in [0.25, 0.3) is 5.91 Å². The summed E-state index contributed by atoms with van der Waals surface area (Å²) in [4.78, 5) is 25.8. The second-order valence-electron chi connectivity index (χ2n) is 4.22. The molecule has 2 N–H and O–H groups in total. The maximum atomic E-state index is 11.7. The maximum Gasteiger partial charge on any atom is 0.267 e. The minimum absolute atomic E-state index is 0.198. The Hall–Kier alpha value is -1.78. The van der Waals surface area contributed by atoms with Gasteiger partial charge in [-0.2, -0.15) is 0 Å². The van der Waals surface area contributed by atoms with Crippen molar-refractivity contribution in [3.63, 3.8) is 0 Å². The van der Waals surface area contributed by atoms with Gasteiger partial charge in [-0.15, -0.1) is 0 Å². The number of carbonyl (C=O) groups is 1. The lowest BCUT2D eigenvalue weighted by Gasteiger charge is -2.07. The van der Waals surface area contributed by atoms with Gasteiger partial charge < -0.3 is 15.0 Å². The molecule has 0 saturated heterocycles. The molecule has 94 valence electrons. The predicted molar refractivity (Wildman–Crippen MR) is 65.4 cm³/mol. The molecular formula is C12H18N2O3. The Kier molecular flexibility index (Phi) is 4.75. The molecule has 0 atom stereocenters. The standard InChI is InChI=1S/C12H18N2O3/c1-8(2)4-5-13-12(16)9-6-10(15)11(17-3)7-14-9/h6-8H,4-5H2,1-3H3,(H,13,16)(H,14,15). The van der Waals surface area contributed by atoms with E-state index < -0.39 is 0 Å². The highest BCUT2D eigenvalue weighted by Crippen LogP contribution is 2.01. The number of hydrogen-bond donors (Lipinski definition) is 2. The summed E-state index contributed by atoms with van der Waals surface area (Å²) >= 11 is 0. The first-order valence-corrected chi connectivity index (χ1v) is 5.59. The van der Waals surface area contributed by atoms with Crippen LogP contribution in [-0.4, -0.2) is 24.5 Å². The SMILES string of the molecule is COc1c[nH]c(C(=O)NCCC(C)C)cc1=O. The fourth-order valence-corrected chi connectivity index (χ4v) is 1.32. The van der Waals surface area contributed by atoms with Gasteiger partial charge in [-0.3, -0.25) is 9.59 Å². The zero-order chi connectivity index (χ0) is 12.8. The van der Waals surface area contributed by atoms with E-state index in [1.807, 2.05) is 0 Å². The fourth-order valence-electron chi connectivity index (χ4n) is 1.32. The van der Waals surface area contributed by atoms with Crippen LogP contribution in [0.25, 0.3) is 0 Å². The van der Waals surface area contributed by atoms with E-state index in [-0.39, 0.29) is 22.8 Å². The van der Waals surface area contributed by atoms with Gasteiger partial charge in [0.15, 0.2) is 5.75 Å². The lowest BCUT2D eigenvalue weighted by Crippen LogP contribution is -2.27. The first kappa shape index (κ1) is 13.3. The van der Waals surface area contributed by atoms with Crippen LogP contribution >= 0.6 is 0 Å². The number of nitrogens with one attached hydrogen (secondary N) is 2. The van der Waals surface area contributed by atoms with Crippen molar-refractivity contribution in [3.05, 3.63) is 28.2 Å². The smallest absolute Gasteiger partial charge is 0.267 e. The van der Waals surface area contributed by atoms with Crippen LogP contribution in [0, 0.1) is 5.92 Å². The average molecular weight is 238 g/mol. The lowest BCUT2D eigenvalue weighted by molar-refractivity contribution is 0.0947. The monoisotopic (exact) mass is 238 g/mol. The third-order valence-corrected chi connectivity index (χ3v) is 2.35. The van der Waals surface area contributed by atoms with Crippen LogP contribution in [0.1, 0.15) is 30.8 Å². The molecule has 0 aliphatic carbocycles. The van der Waals surface area contributed by atoms with Crippen LogP contribution < -0.4 is 15.5 Å². The van der Waals surface area contributed by atoms with Gasteiger partial charge in [-0.1, -0.05) is 13.8 Å². The zero-order valence-corrected chi connectivity index (χ0v) is 10.4. The highest BCUT2D eigenvalue weighted by Gasteiger charge is 2.08. The molecule has 1 aromatic rings. The van der Waals surface area contributed by atoms with Crippen LogP contribution in [0.2, 0.25) is 0 Å². The van der Waals surface area contributed by atoms with Crippen molar-refractivity contribution >= 4 is 5.91 Å². The van der Waals surface area contributed by atoms with E-state index in [0.717, 1.165) is 6.42 Å². The van der Waals surface area contributed by atoms with Gasteiger partial charge in [-0.05, 0) is 12.3 Å². The Balaban J connectivity index is 2.64. The van der Waals surface area contributed by atoms with Crippen molar-refractivity contribution in [1.29, 1.82) is 0 Å². The molecule has 1 rings (SSSR count). The Morgan fingerprint density at radius 3 is 2.76 bits per heavy atom. The Morgan fingerprint density at radius 2 is 2.24 bits per heavy atom. The third-order valence-electron chi connectivity index (χ3n) is 2.35.